The highest BCUT2D eigenvalue weighted by Gasteiger charge is 2.17. The van der Waals surface area contributed by atoms with Crippen molar-refractivity contribution in [3.63, 3.8) is 0 Å². The van der Waals surface area contributed by atoms with Gasteiger partial charge in [0, 0.05) is 21.9 Å². The topological polar surface area (TPSA) is 38.7 Å². The molecule has 98 valence electrons. The van der Waals surface area contributed by atoms with Crippen molar-refractivity contribution in [2.45, 2.75) is 32.1 Å². The van der Waals surface area contributed by atoms with Gasteiger partial charge in [-0.3, -0.25) is 4.98 Å². The summed E-state index contributed by atoms with van der Waals surface area (Å²) in [5.74, 6) is 0.609. The average Bonchev–Trinajstić information content (AvgIpc) is 2.65. The van der Waals surface area contributed by atoms with Gasteiger partial charge in [0.25, 0.3) is 0 Å². The third-order valence-corrected chi connectivity index (χ3v) is 4.31. The normalized spacial score (nSPS) is 14.8. The van der Waals surface area contributed by atoms with Crippen molar-refractivity contribution in [3.8, 4) is 11.5 Å². The molecule has 0 bridgehead atoms. The number of pyridine rings is 1. The second-order valence-electron chi connectivity index (χ2n) is 4.66. The molecular formula is C14H13BrClN3. The van der Waals surface area contributed by atoms with Gasteiger partial charge >= 0.3 is 0 Å². The molecule has 0 saturated carbocycles. The highest BCUT2D eigenvalue weighted by Crippen LogP contribution is 2.29. The molecule has 0 unspecified atom stereocenters. The monoisotopic (exact) mass is 337 g/mol. The molecule has 2 heterocycles. The molecule has 1 aliphatic carbocycles. The van der Waals surface area contributed by atoms with Gasteiger partial charge in [-0.25, -0.2) is 9.97 Å². The summed E-state index contributed by atoms with van der Waals surface area (Å²) in [5, 5.41) is 0.583. The van der Waals surface area contributed by atoms with Crippen LogP contribution in [0.3, 0.4) is 0 Å². The third-order valence-electron chi connectivity index (χ3n) is 3.35. The van der Waals surface area contributed by atoms with Crippen LogP contribution in [0.5, 0.6) is 0 Å². The van der Waals surface area contributed by atoms with Crippen molar-refractivity contribution in [2.24, 2.45) is 0 Å². The lowest BCUT2D eigenvalue weighted by atomic mass is 10.1. The van der Waals surface area contributed by atoms with Crippen molar-refractivity contribution in [1.82, 2.24) is 15.0 Å². The molecule has 0 N–H and O–H groups in total. The van der Waals surface area contributed by atoms with E-state index < -0.39 is 0 Å². The summed E-state index contributed by atoms with van der Waals surface area (Å²) < 4.78 is 0.889. The van der Waals surface area contributed by atoms with Gasteiger partial charge in [0.2, 0.25) is 0 Å². The molecule has 5 heteroatoms. The lowest BCUT2D eigenvalue weighted by Crippen LogP contribution is -2.03. The van der Waals surface area contributed by atoms with Crippen LogP contribution < -0.4 is 0 Å². The fourth-order valence-corrected chi connectivity index (χ4v) is 3.10. The summed E-state index contributed by atoms with van der Waals surface area (Å²) in [6, 6.07) is 3.81. The van der Waals surface area contributed by atoms with E-state index in [1.165, 1.54) is 19.3 Å². The van der Waals surface area contributed by atoms with Gasteiger partial charge in [-0.2, -0.15) is 0 Å². The largest absolute Gasteiger partial charge is 0.252 e. The minimum atomic E-state index is 0.583. The molecule has 0 radical (unpaired) electrons. The predicted molar refractivity (Wildman–Crippen MR) is 79.2 cm³/mol. The van der Waals surface area contributed by atoms with Gasteiger partial charge in [0.1, 0.15) is 10.8 Å². The molecule has 0 fully saturated rings. The van der Waals surface area contributed by atoms with E-state index in [-0.39, 0.29) is 0 Å². The zero-order valence-electron chi connectivity index (χ0n) is 10.4. The van der Waals surface area contributed by atoms with Crippen molar-refractivity contribution in [1.29, 1.82) is 0 Å². The first kappa shape index (κ1) is 13.0. The Balaban J connectivity index is 2.12. The molecule has 0 saturated heterocycles. The molecule has 0 amide bonds. The lowest BCUT2D eigenvalue weighted by Gasteiger charge is -2.09. The van der Waals surface area contributed by atoms with Gasteiger partial charge < -0.3 is 0 Å². The van der Waals surface area contributed by atoms with Gasteiger partial charge in [-0.05, 0) is 53.7 Å². The van der Waals surface area contributed by atoms with Crippen LogP contribution in [0.1, 0.15) is 30.5 Å². The number of aryl methyl sites for hydroxylation is 1. The van der Waals surface area contributed by atoms with E-state index in [1.54, 1.807) is 6.20 Å². The van der Waals surface area contributed by atoms with Crippen LogP contribution in [0.25, 0.3) is 11.5 Å². The van der Waals surface area contributed by atoms with E-state index in [0.717, 1.165) is 34.3 Å². The Kier molecular flexibility index (Phi) is 3.80. The third kappa shape index (κ3) is 2.65. The summed E-state index contributed by atoms with van der Waals surface area (Å²) in [4.78, 5) is 13.4. The fraction of sp³-hybridized carbons (Fsp3) is 0.357. The van der Waals surface area contributed by atoms with Crippen LogP contribution in [-0.2, 0) is 12.8 Å². The molecule has 0 aromatic carbocycles. The smallest absolute Gasteiger partial charge is 0.181 e. The second kappa shape index (κ2) is 5.55. The molecule has 1 aliphatic rings. The zero-order valence-corrected chi connectivity index (χ0v) is 12.7. The summed E-state index contributed by atoms with van der Waals surface area (Å²) in [6.07, 6.45) is 7.27. The van der Waals surface area contributed by atoms with E-state index in [4.69, 9.17) is 11.6 Å². The fourth-order valence-electron chi connectivity index (χ4n) is 2.38. The van der Waals surface area contributed by atoms with Crippen LogP contribution >= 0.6 is 27.5 Å². The predicted octanol–water partition coefficient (Wildman–Crippen LogP) is 4.22. The number of aromatic nitrogens is 3. The Morgan fingerprint density at radius 2 is 1.95 bits per heavy atom. The number of hydrogen-bond donors (Lipinski definition) is 0. The summed E-state index contributed by atoms with van der Waals surface area (Å²) >= 11 is 9.81. The Labute approximate surface area is 125 Å². The average molecular weight is 339 g/mol. The van der Waals surface area contributed by atoms with E-state index >= 15 is 0 Å². The number of rotatable bonds is 1. The van der Waals surface area contributed by atoms with E-state index in [0.29, 0.717) is 11.0 Å². The molecule has 2 aromatic heterocycles. The minimum Gasteiger partial charge on any atom is -0.252 e. The maximum absolute atomic E-state index is 6.33. The van der Waals surface area contributed by atoms with Gasteiger partial charge in [-0.1, -0.05) is 18.0 Å². The Hall–Kier alpha value is -1.00. The van der Waals surface area contributed by atoms with E-state index in [2.05, 4.69) is 30.9 Å². The van der Waals surface area contributed by atoms with Gasteiger partial charge in [0.15, 0.2) is 5.82 Å². The van der Waals surface area contributed by atoms with Gasteiger partial charge in [0.05, 0.1) is 0 Å². The first-order valence-electron chi connectivity index (χ1n) is 6.42. The standard InChI is InChI=1S/C14H13BrClN3/c15-10-6-4-8-17-12(10)14-18-11-7-3-1-2-5-9(11)13(16)19-14/h4,6,8H,1-3,5,7H2. The summed E-state index contributed by atoms with van der Waals surface area (Å²) in [5.41, 5.74) is 2.96. The molecule has 2 aromatic rings. The van der Waals surface area contributed by atoms with Crippen LogP contribution in [0.4, 0.5) is 0 Å². The second-order valence-corrected chi connectivity index (χ2v) is 5.87. The van der Waals surface area contributed by atoms with Crippen molar-refractivity contribution < 1.29 is 0 Å². The Bertz CT molecular complexity index is 616. The van der Waals surface area contributed by atoms with Crippen LogP contribution in [0.15, 0.2) is 22.8 Å². The first-order valence-corrected chi connectivity index (χ1v) is 7.59. The Morgan fingerprint density at radius 3 is 2.79 bits per heavy atom. The molecule has 19 heavy (non-hydrogen) atoms. The highest BCUT2D eigenvalue weighted by molar-refractivity contribution is 9.10. The van der Waals surface area contributed by atoms with Crippen LogP contribution in [0, 0.1) is 0 Å². The summed E-state index contributed by atoms with van der Waals surface area (Å²) in [6.45, 7) is 0. The molecule has 0 aliphatic heterocycles. The first-order chi connectivity index (χ1) is 9.25. The molecule has 3 rings (SSSR count). The lowest BCUT2D eigenvalue weighted by molar-refractivity contribution is 0.709. The maximum Gasteiger partial charge on any atom is 0.181 e. The Morgan fingerprint density at radius 1 is 1.11 bits per heavy atom. The minimum absolute atomic E-state index is 0.583. The zero-order chi connectivity index (χ0) is 13.2. The van der Waals surface area contributed by atoms with Crippen molar-refractivity contribution >= 4 is 27.5 Å². The maximum atomic E-state index is 6.33. The quantitative estimate of drug-likeness (QED) is 0.577. The van der Waals surface area contributed by atoms with Crippen molar-refractivity contribution in [2.75, 3.05) is 0 Å². The van der Waals surface area contributed by atoms with Crippen molar-refractivity contribution in [3.05, 3.63) is 39.2 Å². The highest BCUT2D eigenvalue weighted by atomic mass is 79.9. The van der Waals surface area contributed by atoms with Crippen LogP contribution in [-0.4, -0.2) is 15.0 Å². The van der Waals surface area contributed by atoms with Crippen LogP contribution in [0.2, 0.25) is 5.15 Å². The number of fused-ring (bicyclic) bond motifs is 1. The van der Waals surface area contributed by atoms with E-state index in [1.807, 2.05) is 12.1 Å². The number of hydrogen-bond acceptors (Lipinski definition) is 3. The molecule has 0 spiro atoms. The summed E-state index contributed by atoms with van der Waals surface area (Å²) in [7, 11) is 0. The SMILES string of the molecule is Clc1nc(-c2ncccc2Br)nc2c1CCCCC2. The number of nitrogens with zero attached hydrogens (tertiary/aromatic N) is 3. The van der Waals surface area contributed by atoms with E-state index in [9.17, 15) is 0 Å². The molecule has 0 atom stereocenters. The molecular weight excluding hydrogens is 326 g/mol. The molecule has 3 nitrogen and oxygen atoms in total. The van der Waals surface area contributed by atoms with Gasteiger partial charge in [-0.15, -0.1) is 0 Å². The number of halogens is 2.